The smallest absolute Gasteiger partial charge is 0.254 e. The number of nitrogens with zero attached hydrogens (tertiary/aromatic N) is 2. The van der Waals surface area contributed by atoms with E-state index in [1.807, 2.05) is 25.2 Å². The van der Waals surface area contributed by atoms with Gasteiger partial charge in [0, 0.05) is 43.1 Å². The fourth-order valence-electron chi connectivity index (χ4n) is 4.31. The fourth-order valence-corrected chi connectivity index (χ4v) is 4.31. The number of aromatic amines is 1. The molecule has 2 aromatic rings. The van der Waals surface area contributed by atoms with Gasteiger partial charge in [-0.05, 0) is 32.4 Å². The van der Waals surface area contributed by atoms with Crippen LogP contribution in [0.2, 0.25) is 0 Å². The largest absolute Gasteiger partial charge is 0.354 e. The Morgan fingerprint density at radius 3 is 2.63 bits per heavy atom. The molecule has 0 unspecified atom stereocenters. The van der Waals surface area contributed by atoms with E-state index in [1.54, 1.807) is 11.0 Å². The number of nitrogens with one attached hydrogen (secondary N) is 2. The van der Waals surface area contributed by atoms with E-state index in [2.05, 4.69) is 15.2 Å². The molecule has 27 heavy (non-hydrogen) atoms. The summed E-state index contributed by atoms with van der Waals surface area (Å²) in [6.07, 6.45) is 2.13. The topological polar surface area (TPSA) is 85.5 Å². The summed E-state index contributed by atoms with van der Waals surface area (Å²) in [5, 5.41) is 3.76. The zero-order valence-electron chi connectivity index (χ0n) is 15.5. The van der Waals surface area contributed by atoms with Gasteiger partial charge in [0.25, 0.3) is 5.91 Å². The zero-order valence-corrected chi connectivity index (χ0v) is 15.5. The Morgan fingerprint density at radius 1 is 1.11 bits per heavy atom. The molecule has 2 N–H and O–H groups in total. The molecule has 2 saturated heterocycles. The first-order valence-electron chi connectivity index (χ1n) is 9.42. The number of carbonyl (C=O) groups is 2. The second-order valence-corrected chi connectivity index (χ2v) is 7.45. The van der Waals surface area contributed by atoms with Crippen LogP contribution in [-0.4, -0.2) is 65.4 Å². The Morgan fingerprint density at radius 2 is 1.85 bits per heavy atom. The Balaban J connectivity index is 1.59. The lowest BCUT2D eigenvalue weighted by atomic mass is 9.84. The molecular weight excluding hydrogens is 344 g/mol. The number of rotatable bonds is 1. The van der Waals surface area contributed by atoms with Crippen molar-refractivity contribution in [3.63, 3.8) is 0 Å². The number of likely N-dealkylation sites (tertiary alicyclic amines) is 1. The normalized spacial score (nSPS) is 20.5. The highest BCUT2D eigenvalue weighted by Crippen LogP contribution is 2.31. The van der Waals surface area contributed by atoms with Gasteiger partial charge in [0.1, 0.15) is 5.54 Å². The number of para-hydroxylation sites is 1. The summed E-state index contributed by atoms with van der Waals surface area (Å²) in [5.41, 5.74) is 0.255. The standard InChI is InChI=1S/C20H24N4O3/c1-23-10-4-9-21-19(27)20(23)7-11-24(12-8-20)18(26)15-13-17(25)22-16-6-3-2-5-14(15)16/h2-3,5-6,13H,4,7-12H2,1H3,(H,21,27)(H,22,25). The van der Waals surface area contributed by atoms with Crippen LogP contribution in [0.1, 0.15) is 29.6 Å². The van der Waals surface area contributed by atoms with Crippen molar-refractivity contribution in [2.24, 2.45) is 0 Å². The van der Waals surface area contributed by atoms with E-state index in [9.17, 15) is 14.4 Å². The van der Waals surface area contributed by atoms with Crippen LogP contribution in [0.4, 0.5) is 0 Å². The molecule has 7 heteroatoms. The van der Waals surface area contributed by atoms with Gasteiger partial charge in [0.15, 0.2) is 0 Å². The van der Waals surface area contributed by atoms with Crippen molar-refractivity contribution in [2.45, 2.75) is 24.8 Å². The van der Waals surface area contributed by atoms with Gasteiger partial charge in [0.05, 0.1) is 5.56 Å². The van der Waals surface area contributed by atoms with E-state index < -0.39 is 5.54 Å². The lowest BCUT2D eigenvalue weighted by molar-refractivity contribution is -0.134. The number of hydrogen-bond donors (Lipinski definition) is 2. The first-order chi connectivity index (χ1) is 13.0. The molecule has 0 saturated carbocycles. The predicted molar refractivity (Wildman–Crippen MR) is 103 cm³/mol. The minimum atomic E-state index is -0.538. The third-order valence-electron chi connectivity index (χ3n) is 5.97. The number of carbonyl (C=O) groups excluding carboxylic acids is 2. The summed E-state index contributed by atoms with van der Waals surface area (Å²) >= 11 is 0. The predicted octanol–water partition coefficient (Wildman–Crippen LogP) is 0.955. The second kappa shape index (κ2) is 6.81. The molecule has 142 valence electrons. The molecule has 0 bridgehead atoms. The molecule has 0 aliphatic carbocycles. The van der Waals surface area contributed by atoms with Crippen molar-refractivity contribution in [1.82, 2.24) is 20.1 Å². The van der Waals surface area contributed by atoms with E-state index in [1.165, 1.54) is 6.07 Å². The Bertz CT molecular complexity index is 944. The molecule has 4 rings (SSSR count). The number of aromatic nitrogens is 1. The van der Waals surface area contributed by atoms with Crippen molar-refractivity contribution < 1.29 is 9.59 Å². The number of benzene rings is 1. The van der Waals surface area contributed by atoms with Crippen LogP contribution in [0, 0.1) is 0 Å². The molecule has 2 aliphatic heterocycles. The number of fused-ring (bicyclic) bond motifs is 1. The molecule has 2 amide bonds. The van der Waals surface area contributed by atoms with Gasteiger partial charge < -0.3 is 15.2 Å². The van der Waals surface area contributed by atoms with Gasteiger partial charge in [-0.2, -0.15) is 0 Å². The Labute approximate surface area is 157 Å². The van der Waals surface area contributed by atoms with Gasteiger partial charge in [-0.15, -0.1) is 0 Å². The van der Waals surface area contributed by atoms with Crippen LogP contribution in [-0.2, 0) is 4.79 Å². The van der Waals surface area contributed by atoms with Gasteiger partial charge in [-0.25, -0.2) is 0 Å². The SMILES string of the molecule is CN1CCCNC(=O)C12CCN(C(=O)c1cc(=O)[nH]c3ccccc13)CC2. The molecule has 1 spiro atoms. The third-order valence-corrected chi connectivity index (χ3v) is 5.97. The van der Waals surface area contributed by atoms with Crippen LogP contribution in [0.15, 0.2) is 35.1 Å². The molecule has 3 heterocycles. The first-order valence-corrected chi connectivity index (χ1v) is 9.42. The minimum Gasteiger partial charge on any atom is -0.354 e. The Kier molecular flexibility index (Phi) is 4.47. The maximum absolute atomic E-state index is 13.1. The van der Waals surface area contributed by atoms with Crippen LogP contribution in [0.5, 0.6) is 0 Å². The number of amides is 2. The van der Waals surface area contributed by atoms with Crippen molar-refractivity contribution in [3.05, 3.63) is 46.2 Å². The molecule has 2 fully saturated rings. The Hall–Kier alpha value is -2.67. The molecule has 1 aromatic heterocycles. The number of hydrogen-bond acceptors (Lipinski definition) is 4. The average molecular weight is 368 g/mol. The molecule has 1 aromatic carbocycles. The van der Waals surface area contributed by atoms with Crippen LogP contribution in [0.25, 0.3) is 10.9 Å². The van der Waals surface area contributed by atoms with Crippen molar-refractivity contribution >= 4 is 22.7 Å². The van der Waals surface area contributed by atoms with E-state index in [4.69, 9.17) is 0 Å². The molecule has 7 nitrogen and oxygen atoms in total. The summed E-state index contributed by atoms with van der Waals surface area (Å²) in [6, 6.07) is 8.70. The summed E-state index contributed by atoms with van der Waals surface area (Å²) in [4.78, 5) is 44.4. The number of H-pyrrole nitrogens is 1. The molecule has 0 radical (unpaired) electrons. The molecule has 0 atom stereocenters. The second-order valence-electron chi connectivity index (χ2n) is 7.45. The third kappa shape index (κ3) is 3.02. The van der Waals surface area contributed by atoms with Crippen molar-refractivity contribution in [1.29, 1.82) is 0 Å². The van der Waals surface area contributed by atoms with E-state index in [-0.39, 0.29) is 17.4 Å². The highest BCUT2D eigenvalue weighted by atomic mass is 16.2. The van der Waals surface area contributed by atoms with Gasteiger partial charge >= 0.3 is 0 Å². The van der Waals surface area contributed by atoms with E-state index >= 15 is 0 Å². The van der Waals surface area contributed by atoms with Crippen molar-refractivity contribution in [2.75, 3.05) is 33.2 Å². The monoisotopic (exact) mass is 368 g/mol. The van der Waals surface area contributed by atoms with Gasteiger partial charge in [-0.1, -0.05) is 18.2 Å². The highest BCUT2D eigenvalue weighted by molar-refractivity contribution is 6.06. The highest BCUT2D eigenvalue weighted by Gasteiger charge is 2.46. The lowest BCUT2D eigenvalue weighted by Gasteiger charge is -2.45. The van der Waals surface area contributed by atoms with E-state index in [0.717, 1.165) is 18.4 Å². The number of piperidine rings is 1. The first kappa shape index (κ1) is 17.7. The maximum Gasteiger partial charge on any atom is 0.254 e. The summed E-state index contributed by atoms with van der Waals surface area (Å²) in [6.45, 7) is 2.56. The summed E-state index contributed by atoms with van der Waals surface area (Å²) in [5.74, 6) is -0.0833. The number of pyridine rings is 1. The van der Waals surface area contributed by atoms with Crippen LogP contribution >= 0.6 is 0 Å². The van der Waals surface area contributed by atoms with Crippen LogP contribution < -0.4 is 10.9 Å². The molecular formula is C20H24N4O3. The summed E-state index contributed by atoms with van der Waals surface area (Å²) < 4.78 is 0. The average Bonchev–Trinajstić information content (AvgIpc) is 2.81. The van der Waals surface area contributed by atoms with Crippen LogP contribution in [0.3, 0.4) is 0 Å². The fraction of sp³-hybridized carbons (Fsp3) is 0.450. The van der Waals surface area contributed by atoms with Crippen molar-refractivity contribution in [3.8, 4) is 0 Å². The van der Waals surface area contributed by atoms with Gasteiger partial charge in [0.2, 0.25) is 11.5 Å². The maximum atomic E-state index is 13.1. The lowest BCUT2D eigenvalue weighted by Crippen LogP contribution is -2.61. The minimum absolute atomic E-state index is 0.0659. The van der Waals surface area contributed by atoms with Gasteiger partial charge in [-0.3, -0.25) is 19.3 Å². The quantitative estimate of drug-likeness (QED) is 0.785. The van der Waals surface area contributed by atoms with E-state index in [0.29, 0.717) is 43.6 Å². The summed E-state index contributed by atoms with van der Waals surface area (Å²) in [7, 11) is 1.99. The number of likely N-dealkylation sites (N-methyl/N-ethyl adjacent to an activating group) is 1. The zero-order chi connectivity index (χ0) is 19.0. The molecule has 2 aliphatic rings.